The smallest absolute Gasteiger partial charge is 0.326 e. The fraction of sp³-hybridized carbons (Fsp3) is 0.385. The summed E-state index contributed by atoms with van der Waals surface area (Å²) in [5.41, 5.74) is 7.36. The number of thiol groups is 1. The van der Waals surface area contributed by atoms with Gasteiger partial charge in [-0.15, -0.1) is 0 Å². The molecule has 12 heteroatoms. The largest absolute Gasteiger partial charge is 0.508 e. The van der Waals surface area contributed by atoms with Gasteiger partial charge in [0.05, 0.1) is 6.04 Å². The van der Waals surface area contributed by atoms with E-state index in [2.05, 4.69) is 23.3 Å². The van der Waals surface area contributed by atoms with Crippen LogP contribution >= 0.6 is 12.6 Å². The van der Waals surface area contributed by atoms with Crippen LogP contribution in [0.5, 0.6) is 11.5 Å². The second kappa shape index (κ2) is 13.2. The highest BCUT2D eigenvalue weighted by Crippen LogP contribution is 2.20. The van der Waals surface area contributed by atoms with Crippen molar-refractivity contribution in [1.29, 1.82) is 0 Å². The topological polar surface area (TPSA) is 182 Å². The lowest BCUT2D eigenvalue weighted by Gasteiger charge is -2.29. The predicted molar refractivity (Wildman–Crippen MR) is 142 cm³/mol. The number of carbonyl (C=O) groups excluding carboxylic acids is 3. The first-order valence-electron chi connectivity index (χ1n) is 12.1. The molecule has 1 heterocycles. The van der Waals surface area contributed by atoms with Crippen molar-refractivity contribution in [3.63, 3.8) is 0 Å². The van der Waals surface area contributed by atoms with E-state index in [9.17, 15) is 34.5 Å². The molecule has 7 N–H and O–H groups in total. The van der Waals surface area contributed by atoms with Crippen molar-refractivity contribution in [2.24, 2.45) is 5.73 Å². The summed E-state index contributed by atoms with van der Waals surface area (Å²) in [5, 5.41) is 33.6. The third-order valence-electron chi connectivity index (χ3n) is 6.36. The molecule has 4 atom stereocenters. The Labute approximate surface area is 225 Å². The summed E-state index contributed by atoms with van der Waals surface area (Å²) >= 11 is 4.20. The fourth-order valence-corrected chi connectivity index (χ4v) is 4.53. The van der Waals surface area contributed by atoms with Crippen LogP contribution in [0.2, 0.25) is 0 Å². The van der Waals surface area contributed by atoms with Gasteiger partial charge in [-0.1, -0.05) is 24.3 Å². The SMILES string of the molecule is NC(Cc1ccc(O)cc1)C(=O)NC(CS)C(=O)N1CCCC1C(=O)NC(Cc1ccc(O)cc1)C(=O)O. The van der Waals surface area contributed by atoms with Crippen LogP contribution in [-0.2, 0) is 32.0 Å². The van der Waals surface area contributed by atoms with E-state index in [4.69, 9.17) is 5.73 Å². The maximum absolute atomic E-state index is 13.3. The summed E-state index contributed by atoms with van der Waals surface area (Å²) < 4.78 is 0. The number of phenols is 2. The zero-order valence-electron chi connectivity index (χ0n) is 20.6. The van der Waals surface area contributed by atoms with Crippen molar-refractivity contribution in [2.75, 3.05) is 12.3 Å². The summed E-state index contributed by atoms with van der Waals surface area (Å²) in [6.45, 7) is 0.270. The van der Waals surface area contributed by atoms with Crippen molar-refractivity contribution in [3.05, 3.63) is 59.7 Å². The number of benzene rings is 2. The van der Waals surface area contributed by atoms with Gasteiger partial charge < -0.3 is 36.6 Å². The molecule has 3 rings (SSSR count). The molecule has 0 aliphatic carbocycles. The fourth-order valence-electron chi connectivity index (χ4n) is 4.28. The van der Waals surface area contributed by atoms with Gasteiger partial charge in [-0.05, 0) is 54.7 Å². The minimum Gasteiger partial charge on any atom is -0.508 e. The summed E-state index contributed by atoms with van der Waals surface area (Å²) in [4.78, 5) is 52.1. The average Bonchev–Trinajstić information content (AvgIpc) is 3.39. The second-order valence-electron chi connectivity index (χ2n) is 9.18. The summed E-state index contributed by atoms with van der Waals surface area (Å²) in [6, 6.07) is 8.12. The molecule has 0 radical (unpaired) electrons. The van der Waals surface area contributed by atoms with Crippen LogP contribution in [0.3, 0.4) is 0 Å². The number of hydrogen-bond acceptors (Lipinski definition) is 8. The number of likely N-dealkylation sites (tertiary alicyclic amines) is 1. The standard InChI is InChI=1S/C26H32N4O7S/c27-19(12-15-3-7-17(31)8-4-15)23(33)29-21(14-38)25(35)30-11-1-2-22(30)24(34)28-20(26(36)37)13-16-5-9-18(32)10-6-16/h3-10,19-22,31-32,38H,1-2,11-14,27H2,(H,28,34)(H,29,33)(H,36,37). The Morgan fingerprint density at radius 2 is 1.47 bits per heavy atom. The van der Waals surface area contributed by atoms with Gasteiger partial charge >= 0.3 is 5.97 Å². The molecule has 0 spiro atoms. The van der Waals surface area contributed by atoms with Gasteiger partial charge in [-0.2, -0.15) is 12.6 Å². The molecule has 11 nitrogen and oxygen atoms in total. The average molecular weight is 545 g/mol. The molecule has 0 bridgehead atoms. The van der Waals surface area contributed by atoms with Gasteiger partial charge in [0.15, 0.2) is 0 Å². The van der Waals surface area contributed by atoms with E-state index in [0.29, 0.717) is 18.4 Å². The number of nitrogens with two attached hydrogens (primary N) is 1. The zero-order chi connectivity index (χ0) is 27.8. The van der Waals surface area contributed by atoms with E-state index in [1.54, 1.807) is 24.3 Å². The molecule has 1 aliphatic heterocycles. The van der Waals surface area contributed by atoms with E-state index in [1.807, 2.05) is 0 Å². The molecule has 0 saturated carbocycles. The molecule has 2 aromatic carbocycles. The van der Waals surface area contributed by atoms with Crippen molar-refractivity contribution in [2.45, 2.75) is 49.9 Å². The van der Waals surface area contributed by atoms with Crippen LogP contribution in [-0.4, -0.2) is 80.4 Å². The lowest BCUT2D eigenvalue weighted by molar-refractivity contribution is -0.144. The Morgan fingerprint density at radius 1 is 0.921 bits per heavy atom. The Hall–Kier alpha value is -3.77. The molecular weight excluding hydrogens is 512 g/mol. The van der Waals surface area contributed by atoms with Gasteiger partial charge in [-0.25, -0.2) is 4.79 Å². The van der Waals surface area contributed by atoms with Crippen molar-refractivity contribution >= 4 is 36.3 Å². The molecule has 2 aromatic rings. The maximum Gasteiger partial charge on any atom is 0.326 e. The van der Waals surface area contributed by atoms with Gasteiger partial charge in [-0.3, -0.25) is 14.4 Å². The zero-order valence-corrected chi connectivity index (χ0v) is 21.5. The first-order chi connectivity index (χ1) is 18.1. The number of phenolic OH excluding ortho intramolecular Hbond substituents is 2. The highest BCUT2D eigenvalue weighted by atomic mass is 32.1. The lowest BCUT2D eigenvalue weighted by atomic mass is 10.0. The number of amides is 3. The molecule has 4 unspecified atom stereocenters. The summed E-state index contributed by atoms with van der Waals surface area (Å²) in [7, 11) is 0. The number of aliphatic carboxylic acids is 1. The Morgan fingerprint density at radius 3 is 2.00 bits per heavy atom. The van der Waals surface area contributed by atoms with E-state index in [1.165, 1.54) is 29.2 Å². The van der Waals surface area contributed by atoms with E-state index < -0.39 is 47.9 Å². The van der Waals surface area contributed by atoms with E-state index in [-0.39, 0.29) is 36.6 Å². The monoisotopic (exact) mass is 544 g/mol. The van der Waals surface area contributed by atoms with Crippen molar-refractivity contribution in [1.82, 2.24) is 15.5 Å². The first kappa shape index (κ1) is 28.8. The van der Waals surface area contributed by atoms with Gasteiger partial charge in [0.2, 0.25) is 17.7 Å². The third kappa shape index (κ3) is 7.62. The molecule has 1 aliphatic rings. The lowest BCUT2D eigenvalue weighted by Crippen LogP contribution is -2.57. The van der Waals surface area contributed by atoms with Crippen LogP contribution in [0.15, 0.2) is 48.5 Å². The van der Waals surface area contributed by atoms with Gasteiger partial charge in [0, 0.05) is 18.7 Å². The summed E-state index contributed by atoms with van der Waals surface area (Å²) in [6.07, 6.45) is 1.06. The summed E-state index contributed by atoms with van der Waals surface area (Å²) in [5.74, 6) is -2.80. The highest BCUT2D eigenvalue weighted by Gasteiger charge is 2.38. The number of aromatic hydroxyl groups is 2. The van der Waals surface area contributed by atoms with Crippen LogP contribution in [0.25, 0.3) is 0 Å². The number of carboxylic acid groups (broad SMARTS) is 1. The molecule has 3 amide bonds. The third-order valence-corrected chi connectivity index (χ3v) is 6.72. The van der Waals surface area contributed by atoms with Crippen molar-refractivity contribution < 1.29 is 34.5 Å². The number of hydrogen-bond donors (Lipinski definition) is 7. The Bertz CT molecular complexity index is 1140. The number of carboxylic acids is 1. The molecule has 1 saturated heterocycles. The van der Waals surface area contributed by atoms with Crippen LogP contribution in [0.4, 0.5) is 0 Å². The number of nitrogens with one attached hydrogen (secondary N) is 2. The van der Waals surface area contributed by atoms with Crippen LogP contribution in [0.1, 0.15) is 24.0 Å². The normalized spacial score (nSPS) is 17.3. The first-order valence-corrected chi connectivity index (χ1v) is 12.8. The van der Waals surface area contributed by atoms with Gasteiger partial charge in [0.25, 0.3) is 0 Å². The number of nitrogens with zero attached hydrogens (tertiary/aromatic N) is 1. The molecule has 0 aromatic heterocycles. The number of rotatable bonds is 11. The van der Waals surface area contributed by atoms with E-state index in [0.717, 1.165) is 5.56 Å². The van der Waals surface area contributed by atoms with E-state index >= 15 is 0 Å². The maximum atomic E-state index is 13.3. The molecule has 1 fully saturated rings. The van der Waals surface area contributed by atoms with Crippen LogP contribution in [0, 0.1) is 0 Å². The number of carbonyl (C=O) groups is 4. The quantitative estimate of drug-likeness (QED) is 0.196. The Balaban J connectivity index is 1.61. The minimum atomic E-state index is -1.23. The predicted octanol–water partition coefficient (Wildman–Crippen LogP) is 0.185. The highest BCUT2D eigenvalue weighted by molar-refractivity contribution is 7.80. The molecule has 204 valence electrons. The van der Waals surface area contributed by atoms with Crippen LogP contribution < -0.4 is 16.4 Å². The molecule has 38 heavy (non-hydrogen) atoms. The minimum absolute atomic E-state index is 0.00371. The van der Waals surface area contributed by atoms with Gasteiger partial charge in [0.1, 0.15) is 29.6 Å². The second-order valence-corrected chi connectivity index (χ2v) is 9.55. The van der Waals surface area contributed by atoms with Crippen molar-refractivity contribution in [3.8, 4) is 11.5 Å². The molecular formula is C26H32N4O7S. The Kier molecular flexibility index (Phi) is 9.97.